The van der Waals surface area contributed by atoms with Crippen molar-refractivity contribution in [1.82, 2.24) is 10.2 Å². The number of ether oxygens (including phenoxy) is 5. The van der Waals surface area contributed by atoms with Gasteiger partial charge in [-0.15, -0.1) is 0 Å². The van der Waals surface area contributed by atoms with Crippen molar-refractivity contribution in [1.29, 1.82) is 0 Å². The molecule has 1 fully saturated rings. The van der Waals surface area contributed by atoms with E-state index >= 15 is 0 Å². The van der Waals surface area contributed by atoms with Crippen LogP contribution >= 0.6 is 0 Å². The van der Waals surface area contributed by atoms with Crippen LogP contribution in [0.15, 0.2) is 96.1 Å². The molecule has 0 unspecified atom stereocenters. The largest absolute Gasteiger partial charge is 0.497 e. The lowest BCUT2D eigenvalue weighted by atomic mass is 9.90. The summed E-state index contributed by atoms with van der Waals surface area (Å²) in [6.07, 6.45) is 0. The van der Waals surface area contributed by atoms with Crippen LogP contribution in [0.4, 0.5) is 8.78 Å². The smallest absolute Gasteiger partial charge is 0.127 e. The van der Waals surface area contributed by atoms with E-state index in [-0.39, 0.29) is 11.6 Å². The van der Waals surface area contributed by atoms with Crippen molar-refractivity contribution in [2.45, 2.75) is 6.92 Å². The average Bonchev–Trinajstić information content (AvgIpc) is 3.14. The fourth-order valence-corrected chi connectivity index (χ4v) is 6.29. The first-order valence-electron chi connectivity index (χ1n) is 16.6. The van der Waals surface area contributed by atoms with E-state index in [2.05, 4.69) is 17.1 Å². The monoisotopic (exact) mass is 668 g/mol. The molecule has 3 aliphatic heterocycles. The van der Waals surface area contributed by atoms with Gasteiger partial charge in [-0.2, -0.15) is 0 Å². The molecule has 3 aliphatic rings. The van der Waals surface area contributed by atoms with Gasteiger partial charge < -0.3 is 29.0 Å². The Hall–Kier alpha value is -4.70. The number of rotatable bonds is 9. The Kier molecular flexibility index (Phi) is 11.3. The number of halogens is 2. The number of fused-ring (bicyclic) bond motifs is 2. The first-order valence-corrected chi connectivity index (χ1v) is 16.6. The number of benzene rings is 4. The Bertz CT molecular complexity index is 1800. The van der Waals surface area contributed by atoms with Crippen LogP contribution in [0.2, 0.25) is 0 Å². The molecule has 1 saturated heterocycles. The fourth-order valence-electron chi connectivity index (χ4n) is 6.29. The summed E-state index contributed by atoms with van der Waals surface area (Å²) in [7, 11) is 3.30. The van der Waals surface area contributed by atoms with Gasteiger partial charge >= 0.3 is 0 Å². The Balaban J connectivity index is 0.000000171. The third kappa shape index (κ3) is 8.13. The van der Waals surface area contributed by atoms with Crippen LogP contribution in [0.25, 0.3) is 11.1 Å². The zero-order valence-electron chi connectivity index (χ0n) is 28.2. The lowest BCUT2D eigenvalue weighted by Crippen LogP contribution is -2.38. The Morgan fingerprint density at radius 3 is 1.65 bits per heavy atom. The van der Waals surface area contributed by atoms with E-state index in [9.17, 15) is 8.78 Å². The number of morpholine rings is 1. The lowest BCUT2D eigenvalue weighted by Gasteiger charge is -2.31. The molecule has 0 aliphatic carbocycles. The lowest BCUT2D eigenvalue weighted by molar-refractivity contribution is 0.0413. The highest BCUT2D eigenvalue weighted by molar-refractivity contribution is 5.88. The van der Waals surface area contributed by atoms with Crippen molar-refractivity contribution in [3.63, 3.8) is 0 Å². The van der Waals surface area contributed by atoms with Gasteiger partial charge in [-0.05, 0) is 101 Å². The number of nitrogens with one attached hydrogen (secondary N) is 1. The van der Waals surface area contributed by atoms with Gasteiger partial charge in [0.15, 0.2) is 0 Å². The van der Waals surface area contributed by atoms with Crippen LogP contribution < -0.4 is 24.3 Å². The number of methoxy groups -OCH3 is 2. The van der Waals surface area contributed by atoms with E-state index in [4.69, 9.17) is 23.7 Å². The Morgan fingerprint density at radius 2 is 1.16 bits per heavy atom. The van der Waals surface area contributed by atoms with E-state index in [0.717, 1.165) is 108 Å². The van der Waals surface area contributed by atoms with Crippen molar-refractivity contribution in [2.75, 3.05) is 73.4 Å². The van der Waals surface area contributed by atoms with Crippen molar-refractivity contribution < 1.29 is 32.5 Å². The first kappa shape index (κ1) is 34.2. The van der Waals surface area contributed by atoms with Crippen molar-refractivity contribution >= 4 is 11.1 Å². The molecule has 3 heterocycles. The molecule has 9 heteroatoms. The molecule has 4 aromatic carbocycles. The van der Waals surface area contributed by atoms with Gasteiger partial charge in [-0.1, -0.05) is 31.2 Å². The number of hydrogen-bond acceptors (Lipinski definition) is 7. The summed E-state index contributed by atoms with van der Waals surface area (Å²) >= 11 is 0. The fraction of sp³-hybridized carbons (Fsp3) is 0.300. The van der Waals surface area contributed by atoms with Gasteiger partial charge in [-0.25, -0.2) is 8.78 Å². The molecule has 0 spiro atoms. The Morgan fingerprint density at radius 1 is 0.673 bits per heavy atom. The summed E-state index contributed by atoms with van der Waals surface area (Å²) in [5, 5.41) is 3.35. The minimum Gasteiger partial charge on any atom is -0.497 e. The molecule has 0 radical (unpaired) electrons. The van der Waals surface area contributed by atoms with Crippen LogP contribution in [0.5, 0.6) is 23.0 Å². The molecule has 0 amide bonds. The summed E-state index contributed by atoms with van der Waals surface area (Å²) in [5.41, 5.74) is 8.49. The van der Waals surface area contributed by atoms with Crippen LogP contribution in [-0.4, -0.2) is 78.3 Å². The molecule has 0 aromatic heterocycles. The molecule has 256 valence electrons. The Labute approximate surface area is 286 Å². The quantitative estimate of drug-likeness (QED) is 0.206. The van der Waals surface area contributed by atoms with E-state index in [1.54, 1.807) is 14.2 Å². The molecule has 1 N–H and O–H groups in total. The van der Waals surface area contributed by atoms with Gasteiger partial charge in [-0.3, -0.25) is 4.90 Å². The molecule has 4 aromatic rings. The SMILES string of the molecule is CCNCC1=C(c2ccc(F)cc2)c2cc(OC)ccc2OC1.COc1ccc2c(c1)C(c1ccc(F)cc1)=C(CN1CCOCC1)CO2. The third-order valence-electron chi connectivity index (χ3n) is 8.80. The van der Waals surface area contributed by atoms with Gasteiger partial charge in [0.1, 0.15) is 47.8 Å². The zero-order chi connectivity index (χ0) is 34.2. The van der Waals surface area contributed by atoms with Crippen molar-refractivity contribution in [2.24, 2.45) is 0 Å². The predicted octanol–water partition coefficient (Wildman–Crippen LogP) is 7.00. The van der Waals surface area contributed by atoms with E-state index < -0.39 is 0 Å². The molecular formula is C40H42F2N2O5. The summed E-state index contributed by atoms with van der Waals surface area (Å²) in [4.78, 5) is 2.37. The van der Waals surface area contributed by atoms with Gasteiger partial charge in [0, 0.05) is 37.3 Å². The van der Waals surface area contributed by atoms with Crippen LogP contribution in [-0.2, 0) is 4.74 Å². The molecule has 7 rings (SSSR count). The van der Waals surface area contributed by atoms with Crippen molar-refractivity contribution in [3.05, 3.63) is 130 Å². The maximum atomic E-state index is 13.5. The van der Waals surface area contributed by atoms with Gasteiger partial charge in [0.05, 0.1) is 27.4 Å². The number of nitrogens with zero attached hydrogens (tertiary/aromatic N) is 1. The molecule has 0 atom stereocenters. The molecular weight excluding hydrogens is 626 g/mol. The highest BCUT2D eigenvalue weighted by Gasteiger charge is 2.25. The highest BCUT2D eigenvalue weighted by Crippen LogP contribution is 2.41. The average molecular weight is 669 g/mol. The summed E-state index contributed by atoms with van der Waals surface area (Å²) in [6.45, 7) is 8.88. The van der Waals surface area contributed by atoms with Crippen molar-refractivity contribution in [3.8, 4) is 23.0 Å². The normalized spacial score (nSPS) is 15.7. The topological polar surface area (TPSA) is 61.4 Å². The molecule has 0 saturated carbocycles. The van der Waals surface area contributed by atoms with Gasteiger partial charge in [0.2, 0.25) is 0 Å². The second-order valence-corrected chi connectivity index (χ2v) is 11.9. The van der Waals surface area contributed by atoms with E-state index in [1.807, 2.05) is 60.7 Å². The predicted molar refractivity (Wildman–Crippen MR) is 188 cm³/mol. The zero-order valence-corrected chi connectivity index (χ0v) is 28.2. The van der Waals surface area contributed by atoms with Gasteiger partial charge in [0.25, 0.3) is 0 Å². The van der Waals surface area contributed by atoms with Crippen LogP contribution in [0.3, 0.4) is 0 Å². The molecule has 7 nitrogen and oxygen atoms in total. The second kappa shape index (κ2) is 16.1. The highest BCUT2D eigenvalue weighted by atomic mass is 19.1. The summed E-state index contributed by atoms with van der Waals surface area (Å²) < 4.78 is 54.8. The maximum absolute atomic E-state index is 13.5. The number of hydrogen-bond donors (Lipinski definition) is 1. The standard InChI is InChI=1S/C21H22FNO3.C19H20FNO2/c1-24-18-6-7-20-19(12-18)21(15-2-4-17(22)5-3-15)16(14-26-20)13-23-8-10-25-11-9-23;1-3-21-11-14-12-23-18-9-8-16(22-2)10-17(18)19(14)13-4-6-15(20)7-5-13/h2-7,12H,8-11,13-14H2,1H3;4-10,21H,3,11-12H2,1-2H3. The van der Waals surface area contributed by atoms with Crippen LogP contribution in [0.1, 0.15) is 29.2 Å². The summed E-state index contributed by atoms with van der Waals surface area (Å²) in [5.74, 6) is 2.74. The maximum Gasteiger partial charge on any atom is 0.127 e. The second-order valence-electron chi connectivity index (χ2n) is 11.9. The number of likely N-dealkylation sites (N-methyl/N-ethyl adjacent to an activating group) is 1. The summed E-state index contributed by atoms with van der Waals surface area (Å²) in [6, 6.07) is 24.9. The molecule has 0 bridgehead atoms. The van der Waals surface area contributed by atoms with Crippen LogP contribution in [0, 0.1) is 11.6 Å². The third-order valence-corrected chi connectivity index (χ3v) is 8.80. The minimum atomic E-state index is -0.236. The minimum absolute atomic E-state index is 0.234. The first-order chi connectivity index (χ1) is 24.0. The molecule has 49 heavy (non-hydrogen) atoms. The van der Waals surface area contributed by atoms with E-state index in [1.165, 1.54) is 29.8 Å². The van der Waals surface area contributed by atoms with E-state index in [0.29, 0.717) is 13.2 Å².